The number of benzene rings is 2. The molecular formula is C20H23NO4. The van der Waals surface area contributed by atoms with Gasteiger partial charge in [0.05, 0.1) is 6.54 Å². The molecule has 5 nitrogen and oxygen atoms in total. The van der Waals surface area contributed by atoms with Crippen molar-refractivity contribution < 1.29 is 19.0 Å². The van der Waals surface area contributed by atoms with E-state index in [1.54, 1.807) is 0 Å². The molecule has 1 N–H and O–H groups in total. The predicted octanol–water partition coefficient (Wildman–Crippen LogP) is 3.11. The van der Waals surface area contributed by atoms with Gasteiger partial charge in [-0.05, 0) is 43.2 Å². The molecule has 0 aliphatic carbocycles. The van der Waals surface area contributed by atoms with E-state index < -0.39 is 6.10 Å². The van der Waals surface area contributed by atoms with Gasteiger partial charge in [0.15, 0.2) is 17.6 Å². The van der Waals surface area contributed by atoms with Crippen LogP contribution in [0.25, 0.3) is 0 Å². The molecule has 2 aromatic carbocycles. The highest BCUT2D eigenvalue weighted by Crippen LogP contribution is 2.30. The maximum absolute atomic E-state index is 12.4. The smallest absolute Gasteiger partial charge is 0.261 e. The first kappa shape index (κ1) is 17.1. The molecule has 0 radical (unpaired) electrons. The number of carbonyl (C=O) groups excluding carboxylic acids is 1. The largest absolute Gasteiger partial charge is 0.486 e. The molecule has 3 rings (SSSR count). The van der Waals surface area contributed by atoms with Gasteiger partial charge in [0.1, 0.15) is 18.5 Å². The molecule has 0 saturated heterocycles. The lowest BCUT2D eigenvalue weighted by atomic mass is 10.2. The third-order valence-electron chi connectivity index (χ3n) is 4.00. The minimum atomic E-state index is -0.529. The highest BCUT2D eigenvalue weighted by atomic mass is 16.6. The average molecular weight is 341 g/mol. The monoisotopic (exact) mass is 341 g/mol. The van der Waals surface area contributed by atoms with Crippen LogP contribution in [0.4, 0.5) is 0 Å². The topological polar surface area (TPSA) is 56.8 Å². The molecule has 2 atom stereocenters. The van der Waals surface area contributed by atoms with E-state index in [9.17, 15) is 4.79 Å². The Bertz CT molecular complexity index is 731. The number of para-hydroxylation sites is 2. The number of fused-ring (bicyclic) bond motifs is 1. The van der Waals surface area contributed by atoms with Crippen LogP contribution in [0.1, 0.15) is 18.9 Å². The first-order valence-corrected chi connectivity index (χ1v) is 8.55. The summed E-state index contributed by atoms with van der Waals surface area (Å²) in [5.74, 6) is 2.00. The van der Waals surface area contributed by atoms with E-state index in [1.807, 2.05) is 62.4 Å². The Morgan fingerprint density at radius 1 is 1.24 bits per heavy atom. The first-order chi connectivity index (χ1) is 12.2. The second kappa shape index (κ2) is 7.92. The Morgan fingerprint density at radius 3 is 2.80 bits per heavy atom. The molecule has 0 fully saturated rings. The standard InChI is InChI=1S/C20H23NO4/c1-3-17(24-15-8-6-7-14(2)11-15)20(22)21-12-16-13-23-18-9-4-5-10-19(18)25-16/h4-11,16-17H,3,12-13H2,1-2H3,(H,21,22)/t16-,17+/m1/s1. The van der Waals surface area contributed by atoms with E-state index in [-0.39, 0.29) is 12.0 Å². The van der Waals surface area contributed by atoms with Gasteiger partial charge in [-0.1, -0.05) is 31.2 Å². The van der Waals surface area contributed by atoms with Crippen LogP contribution in [0.15, 0.2) is 48.5 Å². The molecule has 2 aromatic rings. The molecule has 1 aliphatic rings. The summed E-state index contributed by atoms with van der Waals surface area (Å²) < 4.78 is 17.3. The molecule has 0 spiro atoms. The molecule has 0 unspecified atom stereocenters. The zero-order chi connectivity index (χ0) is 17.6. The van der Waals surface area contributed by atoms with Crippen molar-refractivity contribution >= 4 is 5.91 Å². The second-order valence-electron chi connectivity index (χ2n) is 6.07. The lowest BCUT2D eigenvalue weighted by molar-refractivity contribution is -0.128. The fourth-order valence-corrected chi connectivity index (χ4v) is 2.67. The van der Waals surface area contributed by atoms with Crippen LogP contribution in [0.5, 0.6) is 17.2 Å². The van der Waals surface area contributed by atoms with Crippen LogP contribution in [-0.2, 0) is 4.79 Å². The average Bonchev–Trinajstić information content (AvgIpc) is 2.64. The minimum absolute atomic E-state index is 0.147. The van der Waals surface area contributed by atoms with Crippen molar-refractivity contribution in [2.45, 2.75) is 32.5 Å². The maximum atomic E-state index is 12.4. The molecule has 0 saturated carbocycles. The van der Waals surface area contributed by atoms with Crippen molar-refractivity contribution in [2.24, 2.45) is 0 Å². The lowest BCUT2D eigenvalue weighted by Crippen LogP contribution is -2.45. The Labute approximate surface area is 147 Å². The summed E-state index contributed by atoms with van der Waals surface area (Å²) in [6, 6.07) is 15.2. The van der Waals surface area contributed by atoms with Crippen LogP contribution >= 0.6 is 0 Å². The van der Waals surface area contributed by atoms with Crippen LogP contribution < -0.4 is 19.5 Å². The minimum Gasteiger partial charge on any atom is -0.486 e. The van der Waals surface area contributed by atoms with Crippen LogP contribution in [-0.4, -0.2) is 31.3 Å². The van der Waals surface area contributed by atoms with E-state index in [2.05, 4.69) is 5.32 Å². The van der Waals surface area contributed by atoms with Crippen LogP contribution in [0.2, 0.25) is 0 Å². The quantitative estimate of drug-likeness (QED) is 0.877. The number of nitrogens with one attached hydrogen (secondary N) is 1. The van der Waals surface area contributed by atoms with E-state index in [0.717, 1.165) is 11.3 Å². The molecule has 0 aromatic heterocycles. The van der Waals surface area contributed by atoms with E-state index in [0.29, 0.717) is 31.1 Å². The number of amides is 1. The van der Waals surface area contributed by atoms with Gasteiger partial charge in [-0.3, -0.25) is 4.79 Å². The second-order valence-corrected chi connectivity index (χ2v) is 6.07. The van der Waals surface area contributed by atoms with Crippen molar-refractivity contribution in [3.05, 3.63) is 54.1 Å². The van der Waals surface area contributed by atoms with Gasteiger partial charge >= 0.3 is 0 Å². The molecule has 1 amide bonds. The first-order valence-electron chi connectivity index (χ1n) is 8.55. The van der Waals surface area contributed by atoms with Crippen molar-refractivity contribution in [1.29, 1.82) is 0 Å². The van der Waals surface area contributed by atoms with Crippen molar-refractivity contribution in [3.8, 4) is 17.2 Å². The number of carbonyl (C=O) groups is 1. The molecule has 1 heterocycles. The fourth-order valence-electron chi connectivity index (χ4n) is 2.67. The molecule has 1 aliphatic heterocycles. The highest BCUT2D eigenvalue weighted by molar-refractivity contribution is 5.81. The molecular weight excluding hydrogens is 318 g/mol. The summed E-state index contributed by atoms with van der Waals surface area (Å²) in [5, 5.41) is 2.90. The lowest BCUT2D eigenvalue weighted by Gasteiger charge is -2.27. The van der Waals surface area contributed by atoms with E-state index >= 15 is 0 Å². The summed E-state index contributed by atoms with van der Waals surface area (Å²) in [5.41, 5.74) is 1.10. The number of ether oxygens (including phenoxy) is 3. The summed E-state index contributed by atoms with van der Waals surface area (Å²) in [4.78, 5) is 12.4. The number of hydrogen-bond acceptors (Lipinski definition) is 4. The highest BCUT2D eigenvalue weighted by Gasteiger charge is 2.24. The summed E-state index contributed by atoms with van der Waals surface area (Å²) in [6.07, 6.45) is -0.154. The van der Waals surface area contributed by atoms with Crippen LogP contribution in [0, 0.1) is 6.92 Å². The third-order valence-corrected chi connectivity index (χ3v) is 4.00. The van der Waals surface area contributed by atoms with Gasteiger partial charge in [0.25, 0.3) is 5.91 Å². The molecule has 5 heteroatoms. The maximum Gasteiger partial charge on any atom is 0.261 e. The summed E-state index contributed by atoms with van der Waals surface area (Å²) in [7, 11) is 0. The number of hydrogen-bond donors (Lipinski definition) is 1. The Balaban J connectivity index is 1.53. The zero-order valence-corrected chi connectivity index (χ0v) is 14.5. The van der Waals surface area contributed by atoms with Crippen molar-refractivity contribution in [2.75, 3.05) is 13.2 Å². The SMILES string of the molecule is CC[C@H](Oc1cccc(C)c1)C(=O)NC[C@@H]1COc2ccccc2O1. The van der Waals surface area contributed by atoms with Crippen molar-refractivity contribution in [1.82, 2.24) is 5.32 Å². The summed E-state index contributed by atoms with van der Waals surface area (Å²) in [6.45, 7) is 4.70. The Morgan fingerprint density at radius 2 is 2.04 bits per heavy atom. The Kier molecular flexibility index (Phi) is 5.43. The van der Waals surface area contributed by atoms with E-state index in [4.69, 9.17) is 14.2 Å². The number of aryl methyl sites for hydroxylation is 1. The third kappa shape index (κ3) is 4.44. The molecule has 0 bridgehead atoms. The fraction of sp³-hybridized carbons (Fsp3) is 0.350. The van der Waals surface area contributed by atoms with Gasteiger partial charge in [0, 0.05) is 0 Å². The van der Waals surface area contributed by atoms with Gasteiger partial charge in [0.2, 0.25) is 0 Å². The predicted molar refractivity (Wildman–Crippen MR) is 95.2 cm³/mol. The molecule has 132 valence electrons. The Hall–Kier alpha value is -2.69. The van der Waals surface area contributed by atoms with Crippen LogP contribution in [0.3, 0.4) is 0 Å². The number of rotatable bonds is 6. The normalized spacial score (nSPS) is 16.8. The van der Waals surface area contributed by atoms with Crippen molar-refractivity contribution in [3.63, 3.8) is 0 Å². The van der Waals surface area contributed by atoms with Gasteiger partial charge in [-0.15, -0.1) is 0 Å². The van der Waals surface area contributed by atoms with Gasteiger partial charge < -0.3 is 19.5 Å². The van der Waals surface area contributed by atoms with E-state index in [1.165, 1.54) is 0 Å². The van der Waals surface area contributed by atoms with Gasteiger partial charge in [-0.25, -0.2) is 0 Å². The molecule has 25 heavy (non-hydrogen) atoms. The zero-order valence-electron chi connectivity index (χ0n) is 14.5. The summed E-state index contributed by atoms with van der Waals surface area (Å²) >= 11 is 0. The van der Waals surface area contributed by atoms with Gasteiger partial charge in [-0.2, -0.15) is 0 Å².